The van der Waals surface area contributed by atoms with Gasteiger partial charge < -0.3 is 29.9 Å². The van der Waals surface area contributed by atoms with E-state index in [0.29, 0.717) is 6.42 Å². The number of aliphatic hydroxyl groups excluding tert-OH is 4. The molecule has 0 aromatic carbocycles. The van der Waals surface area contributed by atoms with Crippen molar-refractivity contribution in [2.45, 2.75) is 114 Å². The first-order chi connectivity index (χ1) is 13.4. The van der Waals surface area contributed by atoms with Gasteiger partial charge in [0.1, 0.15) is 18.3 Å². The quantitative estimate of drug-likeness (QED) is 0.309. The Balaban J connectivity index is 2.31. The number of ether oxygens (including phenoxy) is 2. The van der Waals surface area contributed by atoms with E-state index in [-0.39, 0.29) is 6.42 Å². The third kappa shape index (κ3) is 7.04. The molecule has 0 radical (unpaired) electrons. The zero-order valence-electron chi connectivity index (χ0n) is 17.5. The summed E-state index contributed by atoms with van der Waals surface area (Å²) in [5.41, 5.74) is -1.96. The summed E-state index contributed by atoms with van der Waals surface area (Å²) < 4.78 is 10.3. The SMILES string of the molecule is CCCCCCCCCCCCCC(=O)C1(CO)O[C@H](OC)[C@@H](O)[C@H](O)[C@H]1O. The van der Waals surface area contributed by atoms with Crippen LogP contribution in [0.1, 0.15) is 84.0 Å². The van der Waals surface area contributed by atoms with E-state index in [4.69, 9.17) is 9.47 Å². The van der Waals surface area contributed by atoms with Crippen LogP contribution >= 0.6 is 0 Å². The van der Waals surface area contributed by atoms with Crippen molar-refractivity contribution in [1.82, 2.24) is 0 Å². The Labute approximate surface area is 169 Å². The molecular formula is C21H40O7. The standard InChI is InChI=1S/C21H40O7/c1-3-4-5-6-7-8-9-10-11-12-13-14-16(23)21(15-22)19(26)17(24)18(25)20(27-2)28-21/h17-20,22,24-26H,3-15H2,1-2H3/t17-,18-,19+,20-,21?/m0/s1. The molecule has 0 aromatic rings. The minimum absolute atomic E-state index is 0.133. The lowest BCUT2D eigenvalue weighted by atomic mass is 9.82. The van der Waals surface area contributed by atoms with Crippen LogP contribution in [0.25, 0.3) is 0 Å². The van der Waals surface area contributed by atoms with Crippen LogP contribution in [0.15, 0.2) is 0 Å². The number of hydrogen-bond donors (Lipinski definition) is 4. The van der Waals surface area contributed by atoms with Crippen molar-refractivity contribution in [3.63, 3.8) is 0 Å². The lowest BCUT2D eigenvalue weighted by molar-refractivity contribution is -0.321. The van der Waals surface area contributed by atoms with Crippen molar-refractivity contribution in [1.29, 1.82) is 0 Å². The highest BCUT2D eigenvalue weighted by Crippen LogP contribution is 2.32. The Morgan fingerprint density at radius 3 is 1.86 bits per heavy atom. The maximum Gasteiger partial charge on any atom is 0.187 e. The number of ketones is 1. The average molecular weight is 405 g/mol. The van der Waals surface area contributed by atoms with Gasteiger partial charge in [-0.1, -0.05) is 71.1 Å². The number of unbranched alkanes of at least 4 members (excludes halogenated alkanes) is 10. The maximum absolute atomic E-state index is 12.6. The summed E-state index contributed by atoms with van der Waals surface area (Å²) in [7, 11) is 1.26. The molecule has 0 amide bonds. The first-order valence-corrected chi connectivity index (χ1v) is 10.8. The van der Waals surface area contributed by atoms with Crippen molar-refractivity contribution >= 4 is 5.78 Å². The van der Waals surface area contributed by atoms with Crippen LogP contribution in [0, 0.1) is 0 Å². The average Bonchev–Trinajstić information content (AvgIpc) is 2.70. The first-order valence-electron chi connectivity index (χ1n) is 10.8. The van der Waals surface area contributed by atoms with Gasteiger partial charge in [0.25, 0.3) is 0 Å². The van der Waals surface area contributed by atoms with E-state index in [9.17, 15) is 25.2 Å². The predicted octanol–water partition coefficient (Wildman–Crippen LogP) is 2.07. The molecule has 0 aromatic heterocycles. The van der Waals surface area contributed by atoms with Crippen LogP contribution in [0.3, 0.4) is 0 Å². The Morgan fingerprint density at radius 1 is 0.893 bits per heavy atom. The van der Waals surface area contributed by atoms with Crippen LogP contribution in [-0.4, -0.2) is 70.1 Å². The summed E-state index contributed by atoms with van der Waals surface area (Å²) in [6, 6.07) is 0. The van der Waals surface area contributed by atoms with Gasteiger partial charge in [0.15, 0.2) is 17.7 Å². The number of methoxy groups -OCH3 is 1. The molecule has 5 atom stereocenters. The molecule has 0 aliphatic carbocycles. The summed E-state index contributed by atoms with van der Waals surface area (Å²) in [4.78, 5) is 12.6. The molecule has 1 aliphatic heterocycles. The topological polar surface area (TPSA) is 116 Å². The van der Waals surface area contributed by atoms with Gasteiger partial charge >= 0.3 is 0 Å². The molecule has 1 saturated heterocycles. The highest BCUT2D eigenvalue weighted by Gasteiger charge is 2.57. The van der Waals surface area contributed by atoms with E-state index in [1.54, 1.807) is 0 Å². The van der Waals surface area contributed by atoms with E-state index >= 15 is 0 Å². The molecule has 1 rings (SSSR count). The van der Waals surface area contributed by atoms with Crippen molar-refractivity contribution in [2.24, 2.45) is 0 Å². The highest BCUT2D eigenvalue weighted by atomic mass is 16.7. The number of aliphatic hydroxyl groups is 4. The summed E-state index contributed by atoms with van der Waals surface area (Å²) >= 11 is 0. The van der Waals surface area contributed by atoms with Crippen LogP contribution in [0.5, 0.6) is 0 Å². The second-order valence-electron chi connectivity index (χ2n) is 7.90. The smallest absolute Gasteiger partial charge is 0.187 e. The van der Waals surface area contributed by atoms with Gasteiger partial charge in [-0.25, -0.2) is 0 Å². The first kappa shape index (κ1) is 25.5. The van der Waals surface area contributed by atoms with Crippen molar-refractivity contribution in [3.05, 3.63) is 0 Å². The Hall–Kier alpha value is -0.570. The Bertz CT molecular complexity index is 429. The molecule has 0 bridgehead atoms. The lowest BCUT2D eigenvalue weighted by Crippen LogP contribution is -2.69. The van der Waals surface area contributed by atoms with Gasteiger partial charge in [-0.05, 0) is 6.42 Å². The molecule has 1 unspecified atom stereocenters. The monoisotopic (exact) mass is 404 g/mol. The van der Waals surface area contributed by atoms with Crippen molar-refractivity contribution in [2.75, 3.05) is 13.7 Å². The fourth-order valence-electron chi connectivity index (χ4n) is 3.77. The minimum Gasteiger partial charge on any atom is -0.393 e. The summed E-state index contributed by atoms with van der Waals surface area (Å²) in [5, 5.41) is 39.8. The van der Waals surface area contributed by atoms with E-state index in [2.05, 4.69) is 6.92 Å². The van der Waals surface area contributed by atoms with Gasteiger partial charge in [-0.3, -0.25) is 4.79 Å². The zero-order valence-corrected chi connectivity index (χ0v) is 17.5. The normalized spacial score (nSPS) is 30.5. The summed E-state index contributed by atoms with van der Waals surface area (Å²) in [6.45, 7) is 1.43. The largest absolute Gasteiger partial charge is 0.393 e. The summed E-state index contributed by atoms with van der Waals surface area (Å²) in [6.07, 6.45) is 6.71. The number of rotatable bonds is 15. The third-order valence-corrected chi connectivity index (χ3v) is 5.70. The Morgan fingerprint density at radius 2 is 1.39 bits per heavy atom. The second kappa shape index (κ2) is 13.6. The lowest BCUT2D eigenvalue weighted by Gasteiger charge is -2.46. The van der Waals surface area contributed by atoms with Crippen LogP contribution < -0.4 is 0 Å². The highest BCUT2D eigenvalue weighted by molar-refractivity contribution is 5.88. The molecule has 0 spiro atoms. The molecule has 7 nitrogen and oxygen atoms in total. The predicted molar refractivity (Wildman–Crippen MR) is 106 cm³/mol. The number of hydrogen-bond acceptors (Lipinski definition) is 7. The van der Waals surface area contributed by atoms with Crippen molar-refractivity contribution < 1.29 is 34.7 Å². The van der Waals surface area contributed by atoms with E-state index in [1.165, 1.54) is 52.1 Å². The third-order valence-electron chi connectivity index (χ3n) is 5.70. The molecule has 0 saturated carbocycles. The van der Waals surface area contributed by atoms with Crippen LogP contribution in [0.4, 0.5) is 0 Å². The molecule has 1 heterocycles. The van der Waals surface area contributed by atoms with Crippen molar-refractivity contribution in [3.8, 4) is 0 Å². The molecular weight excluding hydrogens is 364 g/mol. The van der Waals surface area contributed by atoms with E-state index < -0.39 is 42.6 Å². The zero-order chi connectivity index (χ0) is 21.0. The summed E-state index contributed by atoms with van der Waals surface area (Å²) in [5.74, 6) is -0.480. The second-order valence-corrected chi connectivity index (χ2v) is 7.90. The molecule has 28 heavy (non-hydrogen) atoms. The van der Waals surface area contributed by atoms with Gasteiger partial charge in [-0.15, -0.1) is 0 Å². The minimum atomic E-state index is -1.96. The maximum atomic E-state index is 12.6. The number of Topliss-reactive ketones (excluding diaryl/α,β-unsaturated/α-hetero) is 1. The molecule has 7 heteroatoms. The van der Waals surface area contributed by atoms with Gasteiger partial charge in [0.2, 0.25) is 0 Å². The van der Waals surface area contributed by atoms with Crippen LogP contribution in [-0.2, 0) is 14.3 Å². The number of carbonyl (C=O) groups excluding carboxylic acids is 1. The Kier molecular flexibility index (Phi) is 12.4. The van der Waals surface area contributed by atoms with Gasteiger partial charge in [-0.2, -0.15) is 0 Å². The van der Waals surface area contributed by atoms with Crippen LogP contribution in [0.2, 0.25) is 0 Å². The van der Waals surface area contributed by atoms with Gasteiger partial charge in [0.05, 0.1) is 6.61 Å². The molecule has 1 aliphatic rings. The molecule has 166 valence electrons. The molecule has 1 fully saturated rings. The van der Waals surface area contributed by atoms with Gasteiger partial charge in [0, 0.05) is 13.5 Å². The van der Waals surface area contributed by atoms with E-state index in [1.807, 2.05) is 0 Å². The fraction of sp³-hybridized carbons (Fsp3) is 0.952. The molecule has 4 N–H and O–H groups in total. The fourth-order valence-corrected chi connectivity index (χ4v) is 3.77. The van der Waals surface area contributed by atoms with E-state index in [0.717, 1.165) is 19.3 Å². The number of carbonyl (C=O) groups is 1.